The first-order valence-corrected chi connectivity index (χ1v) is 13.4. The molecule has 3 aromatic rings. The standard InChI is InChI=1S/C30H35N5O5/c1-4-33(5-2)20-22-7-9-23(10-8-22)29(36)32-27-18-24(11-6-21(27)3)31-30(37)26-19-25(12-13-28(26)35(38)39)34-14-16-40-17-15-34/h6-13,18-19H,4-5,14-17,20H2,1-3H3,(H,31,37)(H,32,36). The van der Waals surface area contributed by atoms with Gasteiger partial charge in [0, 0.05) is 48.3 Å². The number of rotatable bonds is 10. The highest BCUT2D eigenvalue weighted by Crippen LogP contribution is 2.28. The molecule has 210 valence electrons. The first kappa shape index (κ1) is 28.7. The van der Waals surface area contributed by atoms with Gasteiger partial charge in [0.05, 0.1) is 18.1 Å². The highest BCUT2D eigenvalue weighted by molar-refractivity contribution is 6.09. The molecule has 1 aliphatic heterocycles. The normalized spacial score (nSPS) is 13.2. The summed E-state index contributed by atoms with van der Waals surface area (Å²) in [5.41, 5.74) is 3.81. The largest absolute Gasteiger partial charge is 0.378 e. The maximum atomic E-state index is 13.2. The summed E-state index contributed by atoms with van der Waals surface area (Å²) in [6, 6.07) is 17.2. The fraction of sp³-hybridized carbons (Fsp3) is 0.333. The summed E-state index contributed by atoms with van der Waals surface area (Å²) in [5.74, 6) is -0.874. The van der Waals surface area contributed by atoms with Gasteiger partial charge in [-0.25, -0.2) is 0 Å². The second kappa shape index (κ2) is 13.2. The van der Waals surface area contributed by atoms with E-state index < -0.39 is 10.8 Å². The summed E-state index contributed by atoms with van der Waals surface area (Å²) >= 11 is 0. The molecule has 0 bridgehead atoms. The average molecular weight is 546 g/mol. The zero-order valence-electron chi connectivity index (χ0n) is 23.1. The Balaban J connectivity index is 1.49. The van der Waals surface area contributed by atoms with Crippen molar-refractivity contribution in [3.05, 3.63) is 93.0 Å². The van der Waals surface area contributed by atoms with Gasteiger partial charge in [0.15, 0.2) is 0 Å². The van der Waals surface area contributed by atoms with E-state index in [4.69, 9.17) is 4.74 Å². The zero-order valence-corrected chi connectivity index (χ0v) is 23.1. The average Bonchev–Trinajstić information content (AvgIpc) is 2.98. The van der Waals surface area contributed by atoms with Gasteiger partial charge in [-0.15, -0.1) is 0 Å². The number of benzene rings is 3. The zero-order chi connectivity index (χ0) is 28.6. The molecule has 2 N–H and O–H groups in total. The molecule has 2 amide bonds. The lowest BCUT2D eigenvalue weighted by Gasteiger charge is -2.29. The van der Waals surface area contributed by atoms with Gasteiger partial charge in [-0.3, -0.25) is 24.6 Å². The molecule has 1 heterocycles. The lowest BCUT2D eigenvalue weighted by atomic mass is 10.1. The molecule has 3 aromatic carbocycles. The van der Waals surface area contributed by atoms with E-state index in [0.717, 1.165) is 36.4 Å². The van der Waals surface area contributed by atoms with Gasteiger partial charge in [-0.1, -0.05) is 32.0 Å². The van der Waals surface area contributed by atoms with Crippen molar-refractivity contribution < 1.29 is 19.2 Å². The van der Waals surface area contributed by atoms with Gasteiger partial charge in [0.25, 0.3) is 17.5 Å². The van der Waals surface area contributed by atoms with Gasteiger partial charge in [0.2, 0.25) is 0 Å². The monoisotopic (exact) mass is 545 g/mol. The molecule has 0 saturated carbocycles. The molecule has 1 aliphatic rings. The highest BCUT2D eigenvalue weighted by Gasteiger charge is 2.23. The number of amides is 2. The second-order valence-electron chi connectivity index (χ2n) is 9.65. The SMILES string of the molecule is CCN(CC)Cc1ccc(C(=O)Nc2cc(NC(=O)c3cc(N4CCOCC4)ccc3[N+](=O)[O-])ccc2C)cc1. The van der Waals surface area contributed by atoms with Crippen molar-refractivity contribution in [2.75, 3.05) is 54.9 Å². The van der Waals surface area contributed by atoms with E-state index in [9.17, 15) is 19.7 Å². The van der Waals surface area contributed by atoms with E-state index in [1.807, 2.05) is 24.0 Å². The van der Waals surface area contributed by atoms with Crippen LogP contribution in [0.25, 0.3) is 0 Å². The Labute approximate surface area is 234 Å². The molecule has 4 rings (SSSR count). The minimum absolute atomic E-state index is 0.0371. The molecule has 40 heavy (non-hydrogen) atoms. The van der Waals surface area contributed by atoms with Crippen LogP contribution in [0.15, 0.2) is 60.7 Å². The number of anilines is 3. The van der Waals surface area contributed by atoms with E-state index in [2.05, 4.69) is 29.4 Å². The predicted octanol–water partition coefficient (Wildman–Crippen LogP) is 5.09. The summed E-state index contributed by atoms with van der Waals surface area (Å²) in [6.07, 6.45) is 0. The summed E-state index contributed by atoms with van der Waals surface area (Å²) < 4.78 is 5.38. The first-order chi connectivity index (χ1) is 19.3. The summed E-state index contributed by atoms with van der Waals surface area (Å²) in [7, 11) is 0. The summed E-state index contributed by atoms with van der Waals surface area (Å²) in [6.45, 7) is 11.2. The van der Waals surface area contributed by atoms with Crippen LogP contribution >= 0.6 is 0 Å². The Kier molecular flexibility index (Phi) is 9.47. The van der Waals surface area contributed by atoms with Gasteiger partial charge < -0.3 is 20.3 Å². The Hall–Kier alpha value is -4.28. The van der Waals surface area contributed by atoms with Crippen molar-refractivity contribution in [1.29, 1.82) is 0 Å². The number of nitrogens with one attached hydrogen (secondary N) is 2. The third-order valence-electron chi connectivity index (χ3n) is 7.06. The fourth-order valence-electron chi connectivity index (χ4n) is 4.58. The molecule has 0 spiro atoms. The maximum Gasteiger partial charge on any atom is 0.282 e. The Bertz CT molecular complexity index is 1370. The number of hydrogen-bond acceptors (Lipinski definition) is 7. The number of nitro groups is 1. The Morgan fingerprint density at radius 1 is 0.950 bits per heavy atom. The van der Waals surface area contributed by atoms with E-state index >= 15 is 0 Å². The molecule has 10 nitrogen and oxygen atoms in total. The summed E-state index contributed by atoms with van der Waals surface area (Å²) in [4.78, 5) is 41.6. The number of ether oxygens (including phenoxy) is 1. The van der Waals surface area contributed by atoms with Crippen molar-refractivity contribution in [3.63, 3.8) is 0 Å². The number of nitro benzene ring substituents is 1. The van der Waals surface area contributed by atoms with E-state index in [1.165, 1.54) is 6.07 Å². The van der Waals surface area contributed by atoms with Gasteiger partial charge in [0.1, 0.15) is 5.56 Å². The van der Waals surface area contributed by atoms with Crippen LogP contribution in [0.4, 0.5) is 22.7 Å². The number of carbonyl (C=O) groups excluding carboxylic acids is 2. The third kappa shape index (κ3) is 7.02. The number of morpholine rings is 1. The first-order valence-electron chi connectivity index (χ1n) is 13.4. The summed E-state index contributed by atoms with van der Waals surface area (Å²) in [5, 5.41) is 17.3. The van der Waals surface area contributed by atoms with Crippen LogP contribution in [0.3, 0.4) is 0 Å². The van der Waals surface area contributed by atoms with E-state index in [1.54, 1.807) is 42.5 Å². The van der Waals surface area contributed by atoms with Crippen molar-refractivity contribution in [2.45, 2.75) is 27.3 Å². The lowest BCUT2D eigenvalue weighted by Crippen LogP contribution is -2.36. The number of aryl methyl sites for hydroxylation is 1. The van der Waals surface area contributed by atoms with Crippen LogP contribution in [0.5, 0.6) is 0 Å². The molecule has 0 aromatic heterocycles. The van der Waals surface area contributed by atoms with Gasteiger partial charge >= 0.3 is 0 Å². The smallest absolute Gasteiger partial charge is 0.282 e. The second-order valence-corrected chi connectivity index (χ2v) is 9.65. The molecule has 10 heteroatoms. The van der Waals surface area contributed by atoms with Gasteiger partial charge in [-0.05, 0) is 67.5 Å². The van der Waals surface area contributed by atoms with Crippen LogP contribution in [-0.4, -0.2) is 61.0 Å². The van der Waals surface area contributed by atoms with Crippen LogP contribution in [0.2, 0.25) is 0 Å². The minimum Gasteiger partial charge on any atom is -0.378 e. The Morgan fingerprint density at radius 3 is 2.30 bits per heavy atom. The minimum atomic E-state index is -0.605. The topological polar surface area (TPSA) is 117 Å². The fourth-order valence-corrected chi connectivity index (χ4v) is 4.58. The van der Waals surface area contributed by atoms with Crippen LogP contribution in [-0.2, 0) is 11.3 Å². The predicted molar refractivity (Wildman–Crippen MR) is 156 cm³/mol. The van der Waals surface area contributed by atoms with E-state index in [-0.39, 0.29) is 17.2 Å². The molecular formula is C30H35N5O5. The third-order valence-corrected chi connectivity index (χ3v) is 7.06. The Morgan fingerprint density at radius 2 is 1.65 bits per heavy atom. The van der Waals surface area contributed by atoms with Crippen molar-refractivity contribution in [2.24, 2.45) is 0 Å². The van der Waals surface area contributed by atoms with Gasteiger partial charge in [-0.2, -0.15) is 0 Å². The molecule has 0 radical (unpaired) electrons. The highest BCUT2D eigenvalue weighted by atomic mass is 16.6. The molecule has 1 saturated heterocycles. The van der Waals surface area contributed by atoms with E-state index in [0.29, 0.717) is 43.2 Å². The van der Waals surface area contributed by atoms with Crippen molar-refractivity contribution in [1.82, 2.24) is 4.90 Å². The quantitative estimate of drug-likeness (QED) is 0.269. The van der Waals surface area contributed by atoms with Crippen LogP contribution < -0.4 is 15.5 Å². The maximum absolute atomic E-state index is 13.2. The number of carbonyl (C=O) groups is 2. The van der Waals surface area contributed by atoms with Crippen LogP contribution in [0, 0.1) is 17.0 Å². The number of nitrogens with zero attached hydrogens (tertiary/aromatic N) is 3. The molecule has 0 atom stereocenters. The van der Waals surface area contributed by atoms with Crippen molar-refractivity contribution in [3.8, 4) is 0 Å². The molecular weight excluding hydrogens is 510 g/mol. The molecule has 1 fully saturated rings. The van der Waals surface area contributed by atoms with Crippen LogP contribution in [0.1, 0.15) is 45.7 Å². The molecule has 0 aliphatic carbocycles. The number of hydrogen-bond donors (Lipinski definition) is 2. The molecule has 0 unspecified atom stereocenters. The lowest BCUT2D eigenvalue weighted by molar-refractivity contribution is -0.385. The van der Waals surface area contributed by atoms with Crippen molar-refractivity contribution >= 4 is 34.6 Å².